The van der Waals surface area contributed by atoms with Crippen molar-refractivity contribution in [2.24, 2.45) is 0 Å². The van der Waals surface area contributed by atoms with Gasteiger partial charge in [0, 0.05) is 18.4 Å². The molecule has 1 aromatic heterocycles. The maximum absolute atomic E-state index is 12.7. The number of nitrogens with zero attached hydrogens (tertiary/aromatic N) is 2. The molecule has 1 heterocycles. The third-order valence-corrected chi connectivity index (χ3v) is 3.04. The molecule has 0 aliphatic carbocycles. The molecule has 7 heteroatoms. The van der Waals surface area contributed by atoms with Gasteiger partial charge in [0.15, 0.2) is 0 Å². The topological polar surface area (TPSA) is 48.7 Å². The van der Waals surface area contributed by atoms with Crippen molar-refractivity contribution in [3.8, 4) is 6.07 Å². The van der Waals surface area contributed by atoms with Gasteiger partial charge in [0.25, 0.3) is 0 Å². The van der Waals surface area contributed by atoms with Gasteiger partial charge in [-0.05, 0) is 35.9 Å². The van der Waals surface area contributed by atoms with Gasteiger partial charge in [-0.3, -0.25) is 0 Å². The van der Waals surface area contributed by atoms with Crippen LogP contribution in [0.25, 0.3) is 0 Å². The van der Waals surface area contributed by atoms with Crippen molar-refractivity contribution >= 4 is 17.3 Å². The highest BCUT2D eigenvalue weighted by molar-refractivity contribution is 6.31. The third-order valence-electron chi connectivity index (χ3n) is 2.71. The standard InChI is InChI=1S/C14H9ClF3N3/c15-13-2-1-10(6-12(13)14(16,17)18)21-8-9-3-4-20-11(5-9)7-19/h1-6,21H,8H2. The fourth-order valence-electron chi connectivity index (χ4n) is 1.70. The molecule has 3 nitrogen and oxygen atoms in total. The SMILES string of the molecule is N#Cc1cc(CNc2ccc(Cl)c(C(F)(F)F)c2)ccn1. The van der Waals surface area contributed by atoms with Gasteiger partial charge in [-0.15, -0.1) is 0 Å². The number of alkyl halides is 3. The lowest BCUT2D eigenvalue weighted by molar-refractivity contribution is -0.137. The molecule has 0 spiro atoms. The fourth-order valence-corrected chi connectivity index (χ4v) is 1.93. The van der Waals surface area contributed by atoms with Gasteiger partial charge in [-0.1, -0.05) is 11.6 Å². The molecule has 0 unspecified atom stereocenters. The van der Waals surface area contributed by atoms with Gasteiger partial charge in [0.05, 0.1) is 10.6 Å². The van der Waals surface area contributed by atoms with E-state index in [0.717, 1.165) is 11.6 Å². The van der Waals surface area contributed by atoms with Crippen LogP contribution in [-0.2, 0) is 12.7 Å². The van der Waals surface area contributed by atoms with Crippen molar-refractivity contribution in [3.63, 3.8) is 0 Å². The summed E-state index contributed by atoms with van der Waals surface area (Å²) in [5.41, 5.74) is 0.398. The van der Waals surface area contributed by atoms with Crippen LogP contribution >= 0.6 is 11.6 Å². The van der Waals surface area contributed by atoms with E-state index in [1.807, 2.05) is 6.07 Å². The Bertz CT molecular complexity index is 693. The molecule has 0 bridgehead atoms. The van der Waals surface area contributed by atoms with E-state index in [2.05, 4.69) is 10.3 Å². The van der Waals surface area contributed by atoms with Gasteiger partial charge < -0.3 is 5.32 Å². The van der Waals surface area contributed by atoms with Crippen LogP contribution in [0, 0.1) is 11.3 Å². The minimum Gasteiger partial charge on any atom is -0.381 e. The van der Waals surface area contributed by atoms with Crippen molar-refractivity contribution in [1.82, 2.24) is 4.98 Å². The second-order valence-corrected chi connectivity index (χ2v) is 4.61. The summed E-state index contributed by atoms with van der Waals surface area (Å²) in [6.45, 7) is 0.274. The Kier molecular flexibility index (Phi) is 4.34. The van der Waals surface area contributed by atoms with Crippen molar-refractivity contribution in [1.29, 1.82) is 5.26 Å². The number of rotatable bonds is 3. The summed E-state index contributed by atoms with van der Waals surface area (Å²) in [5, 5.41) is 11.2. The highest BCUT2D eigenvalue weighted by Crippen LogP contribution is 2.36. The van der Waals surface area contributed by atoms with Crippen LogP contribution in [0.5, 0.6) is 0 Å². The molecule has 0 amide bonds. The summed E-state index contributed by atoms with van der Waals surface area (Å²) in [6.07, 6.45) is -3.03. The highest BCUT2D eigenvalue weighted by atomic mass is 35.5. The molecular formula is C14H9ClF3N3. The lowest BCUT2D eigenvalue weighted by Gasteiger charge is -2.12. The van der Waals surface area contributed by atoms with Crippen molar-refractivity contribution in [2.75, 3.05) is 5.32 Å². The minimum atomic E-state index is -4.50. The Balaban J connectivity index is 2.15. The molecule has 0 fully saturated rings. The van der Waals surface area contributed by atoms with E-state index in [9.17, 15) is 13.2 Å². The molecular weight excluding hydrogens is 303 g/mol. The Labute approximate surface area is 124 Å². The Morgan fingerprint density at radius 2 is 2.00 bits per heavy atom. The van der Waals surface area contributed by atoms with Crippen LogP contribution in [0.2, 0.25) is 5.02 Å². The first-order valence-electron chi connectivity index (χ1n) is 5.86. The molecule has 2 aromatic rings. The lowest BCUT2D eigenvalue weighted by atomic mass is 10.1. The van der Waals surface area contributed by atoms with Gasteiger partial charge in [-0.2, -0.15) is 18.4 Å². The maximum atomic E-state index is 12.7. The van der Waals surface area contributed by atoms with Gasteiger partial charge in [-0.25, -0.2) is 4.98 Å². The largest absolute Gasteiger partial charge is 0.417 e. The zero-order chi connectivity index (χ0) is 15.5. The molecule has 1 N–H and O–H groups in total. The number of hydrogen-bond donors (Lipinski definition) is 1. The van der Waals surface area contributed by atoms with E-state index in [-0.39, 0.29) is 17.3 Å². The second kappa shape index (κ2) is 6.02. The molecule has 1 aromatic carbocycles. The van der Waals surface area contributed by atoms with Gasteiger partial charge >= 0.3 is 6.18 Å². The summed E-state index contributed by atoms with van der Waals surface area (Å²) >= 11 is 5.55. The summed E-state index contributed by atoms with van der Waals surface area (Å²) in [4.78, 5) is 3.82. The van der Waals surface area contributed by atoms with Gasteiger partial charge in [0.1, 0.15) is 11.8 Å². The van der Waals surface area contributed by atoms with E-state index in [0.29, 0.717) is 5.69 Å². The fraction of sp³-hybridized carbons (Fsp3) is 0.143. The van der Waals surface area contributed by atoms with E-state index >= 15 is 0 Å². The summed E-state index contributed by atoms with van der Waals surface area (Å²) in [7, 11) is 0. The van der Waals surface area contributed by atoms with E-state index < -0.39 is 11.7 Å². The van der Waals surface area contributed by atoms with Crippen molar-refractivity contribution < 1.29 is 13.2 Å². The molecule has 21 heavy (non-hydrogen) atoms. The third kappa shape index (κ3) is 3.86. The predicted octanol–water partition coefficient (Wildman–Crippen LogP) is 4.24. The number of hydrogen-bond acceptors (Lipinski definition) is 3. The average Bonchev–Trinajstić information content (AvgIpc) is 2.45. The normalized spacial score (nSPS) is 11.0. The number of nitrogens with one attached hydrogen (secondary N) is 1. The van der Waals surface area contributed by atoms with Crippen molar-refractivity contribution in [2.45, 2.75) is 12.7 Å². The molecule has 108 valence electrons. The minimum absolute atomic E-state index is 0.251. The zero-order valence-corrected chi connectivity index (χ0v) is 11.3. The first-order chi connectivity index (χ1) is 9.90. The number of halogens is 4. The monoisotopic (exact) mass is 311 g/mol. The Morgan fingerprint density at radius 1 is 1.24 bits per heavy atom. The maximum Gasteiger partial charge on any atom is 0.417 e. The Morgan fingerprint density at radius 3 is 2.67 bits per heavy atom. The quantitative estimate of drug-likeness (QED) is 0.922. The highest BCUT2D eigenvalue weighted by Gasteiger charge is 2.33. The van der Waals surface area contributed by atoms with Crippen LogP contribution < -0.4 is 5.32 Å². The van der Waals surface area contributed by atoms with Crippen LogP contribution in [0.15, 0.2) is 36.5 Å². The van der Waals surface area contributed by atoms with Crippen LogP contribution in [0.4, 0.5) is 18.9 Å². The first-order valence-corrected chi connectivity index (χ1v) is 6.23. The molecule has 0 saturated carbocycles. The molecule has 0 radical (unpaired) electrons. The molecule has 0 aliphatic rings. The summed E-state index contributed by atoms with van der Waals surface area (Å²) in [6, 6.07) is 8.74. The van der Waals surface area contributed by atoms with Crippen LogP contribution in [0.1, 0.15) is 16.8 Å². The number of aromatic nitrogens is 1. The first kappa shape index (κ1) is 15.1. The molecule has 2 rings (SSSR count). The predicted molar refractivity (Wildman–Crippen MR) is 72.7 cm³/mol. The molecule has 0 atom stereocenters. The number of anilines is 1. The average molecular weight is 312 g/mol. The smallest absolute Gasteiger partial charge is 0.381 e. The van der Waals surface area contributed by atoms with Crippen LogP contribution in [0.3, 0.4) is 0 Å². The van der Waals surface area contributed by atoms with Crippen molar-refractivity contribution in [3.05, 3.63) is 58.4 Å². The number of nitriles is 1. The zero-order valence-electron chi connectivity index (χ0n) is 10.6. The number of benzene rings is 1. The summed E-state index contributed by atoms with van der Waals surface area (Å²) in [5.74, 6) is 0. The summed E-state index contributed by atoms with van der Waals surface area (Å²) < 4.78 is 38.2. The van der Waals surface area contributed by atoms with E-state index in [4.69, 9.17) is 16.9 Å². The lowest BCUT2D eigenvalue weighted by Crippen LogP contribution is -2.07. The van der Waals surface area contributed by atoms with E-state index in [1.54, 1.807) is 12.1 Å². The van der Waals surface area contributed by atoms with Gasteiger partial charge in [0.2, 0.25) is 0 Å². The van der Waals surface area contributed by atoms with E-state index in [1.165, 1.54) is 18.3 Å². The molecule has 0 saturated heterocycles. The second-order valence-electron chi connectivity index (χ2n) is 4.21. The number of pyridine rings is 1. The molecule has 0 aliphatic heterocycles. The van der Waals surface area contributed by atoms with Crippen LogP contribution in [-0.4, -0.2) is 4.98 Å². The Hall–Kier alpha value is -2.26.